The van der Waals surface area contributed by atoms with E-state index in [4.69, 9.17) is 10.8 Å². The van der Waals surface area contributed by atoms with Crippen molar-refractivity contribution in [1.29, 1.82) is 5.26 Å². The summed E-state index contributed by atoms with van der Waals surface area (Å²) in [5.74, 6) is 0. The maximum atomic E-state index is 9.84. The standard InChI is InChI=1S/C11H12N4O2/c1-7-4-8(5-12)2-3-9(7)11(17)10(16)6-14-15-13/h2-4,10-11,16-17H,6H2,1H3. The van der Waals surface area contributed by atoms with E-state index in [2.05, 4.69) is 10.0 Å². The molecule has 0 saturated carbocycles. The van der Waals surface area contributed by atoms with E-state index in [-0.39, 0.29) is 6.54 Å². The molecule has 2 atom stereocenters. The minimum atomic E-state index is -1.16. The molecule has 0 heterocycles. The van der Waals surface area contributed by atoms with Crippen LogP contribution in [0.5, 0.6) is 0 Å². The Morgan fingerprint density at radius 1 is 1.53 bits per heavy atom. The van der Waals surface area contributed by atoms with E-state index in [9.17, 15) is 10.2 Å². The summed E-state index contributed by atoms with van der Waals surface area (Å²) in [7, 11) is 0. The smallest absolute Gasteiger partial charge is 0.105 e. The van der Waals surface area contributed by atoms with Crippen molar-refractivity contribution >= 4 is 0 Å². The molecule has 2 unspecified atom stereocenters. The first kappa shape index (κ1) is 13.0. The number of aliphatic hydroxyl groups excluding tert-OH is 2. The molecule has 0 radical (unpaired) electrons. The second kappa shape index (κ2) is 5.87. The van der Waals surface area contributed by atoms with Gasteiger partial charge in [-0.15, -0.1) is 0 Å². The number of nitriles is 1. The van der Waals surface area contributed by atoms with Crippen molar-refractivity contribution in [3.63, 3.8) is 0 Å². The average Bonchev–Trinajstić information content (AvgIpc) is 2.34. The first-order valence-corrected chi connectivity index (χ1v) is 4.97. The average molecular weight is 232 g/mol. The topological polar surface area (TPSA) is 113 Å². The molecule has 17 heavy (non-hydrogen) atoms. The van der Waals surface area contributed by atoms with Crippen LogP contribution in [0.15, 0.2) is 23.3 Å². The van der Waals surface area contributed by atoms with Gasteiger partial charge in [0.15, 0.2) is 0 Å². The zero-order valence-corrected chi connectivity index (χ0v) is 9.28. The third-order valence-corrected chi connectivity index (χ3v) is 2.41. The van der Waals surface area contributed by atoms with Crippen molar-refractivity contribution < 1.29 is 10.2 Å². The third-order valence-electron chi connectivity index (χ3n) is 2.41. The number of aryl methyl sites for hydroxylation is 1. The van der Waals surface area contributed by atoms with E-state index in [0.717, 1.165) is 0 Å². The summed E-state index contributed by atoms with van der Waals surface area (Å²) in [5.41, 5.74) is 9.83. The summed E-state index contributed by atoms with van der Waals surface area (Å²) in [4.78, 5) is 2.51. The molecule has 0 amide bonds. The lowest BCUT2D eigenvalue weighted by Crippen LogP contribution is -2.21. The molecule has 0 bridgehead atoms. The van der Waals surface area contributed by atoms with E-state index in [1.165, 1.54) is 0 Å². The number of rotatable bonds is 4. The van der Waals surface area contributed by atoms with Gasteiger partial charge < -0.3 is 10.2 Å². The van der Waals surface area contributed by atoms with Crippen LogP contribution in [0.4, 0.5) is 0 Å². The van der Waals surface area contributed by atoms with Crippen LogP contribution in [-0.2, 0) is 0 Å². The minimum Gasteiger partial charge on any atom is -0.390 e. The fraction of sp³-hybridized carbons (Fsp3) is 0.364. The summed E-state index contributed by atoms with van der Waals surface area (Å²) in [6.45, 7) is 1.54. The van der Waals surface area contributed by atoms with Gasteiger partial charge in [0.2, 0.25) is 0 Å². The first-order chi connectivity index (χ1) is 8.10. The molecule has 0 aliphatic heterocycles. The number of azide groups is 1. The summed E-state index contributed by atoms with van der Waals surface area (Å²) in [6.07, 6.45) is -2.29. The van der Waals surface area contributed by atoms with E-state index >= 15 is 0 Å². The molecular weight excluding hydrogens is 220 g/mol. The van der Waals surface area contributed by atoms with E-state index in [0.29, 0.717) is 16.7 Å². The fourth-order valence-electron chi connectivity index (χ4n) is 1.50. The maximum absolute atomic E-state index is 9.84. The summed E-state index contributed by atoms with van der Waals surface area (Å²) >= 11 is 0. The number of hydrogen-bond acceptors (Lipinski definition) is 4. The lowest BCUT2D eigenvalue weighted by molar-refractivity contribution is 0.0240. The molecule has 0 spiro atoms. The van der Waals surface area contributed by atoms with Gasteiger partial charge in [0.1, 0.15) is 6.10 Å². The third kappa shape index (κ3) is 3.20. The zero-order valence-electron chi connectivity index (χ0n) is 9.28. The van der Waals surface area contributed by atoms with Crippen molar-refractivity contribution in [3.8, 4) is 6.07 Å². The van der Waals surface area contributed by atoms with E-state index in [1.54, 1.807) is 25.1 Å². The largest absolute Gasteiger partial charge is 0.390 e. The highest BCUT2D eigenvalue weighted by molar-refractivity contribution is 5.38. The van der Waals surface area contributed by atoms with Crippen LogP contribution in [0.2, 0.25) is 0 Å². The second-order valence-electron chi connectivity index (χ2n) is 3.61. The molecule has 1 aromatic rings. The number of hydrogen-bond donors (Lipinski definition) is 2. The highest BCUT2D eigenvalue weighted by atomic mass is 16.3. The molecule has 1 aromatic carbocycles. The Hall–Kier alpha value is -2.06. The quantitative estimate of drug-likeness (QED) is 0.466. The molecule has 0 aliphatic carbocycles. The predicted octanol–water partition coefficient (Wildman–Crippen LogP) is 1.57. The van der Waals surface area contributed by atoms with Gasteiger partial charge in [-0.1, -0.05) is 11.2 Å². The molecule has 6 heteroatoms. The van der Waals surface area contributed by atoms with E-state index < -0.39 is 12.2 Å². The Balaban J connectivity index is 2.92. The molecular formula is C11H12N4O2. The maximum Gasteiger partial charge on any atom is 0.105 e. The van der Waals surface area contributed by atoms with Crippen LogP contribution in [0.3, 0.4) is 0 Å². The van der Waals surface area contributed by atoms with E-state index in [1.807, 2.05) is 6.07 Å². The second-order valence-corrected chi connectivity index (χ2v) is 3.61. The van der Waals surface area contributed by atoms with Crippen LogP contribution in [0.25, 0.3) is 10.4 Å². The van der Waals surface area contributed by atoms with Crippen molar-refractivity contribution in [2.75, 3.05) is 6.54 Å². The molecule has 1 rings (SSSR count). The van der Waals surface area contributed by atoms with Crippen LogP contribution in [0, 0.1) is 18.3 Å². The normalized spacial score (nSPS) is 13.3. The molecule has 0 aliphatic rings. The highest BCUT2D eigenvalue weighted by Gasteiger charge is 2.19. The summed E-state index contributed by atoms with van der Waals surface area (Å²) in [6, 6.07) is 6.75. The Kier molecular flexibility index (Phi) is 4.49. The van der Waals surface area contributed by atoms with Gasteiger partial charge in [0.05, 0.1) is 24.3 Å². The van der Waals surface area contributed by atoms with Crippen LogP contribution in [0.1, 0.15) is 22.8 Å². The number of benzene rings is 1. The molecule has 2 N–H and O–H groups in total. The van der Waals surface area contributed by atoms with Crippen molar-refractivity contribution in [2.45, 2.75) is 19.1 Å². The lowest BCUT2D eigenvalue weighted by atomic mass is 9.98. The summed E-state index contributed by atoms with van der Waals surface area (Å²) in [5, 5.41) is 31.3. The van der Waals surface area contributed by atoms with Gasteiger partial charge in [-0.25, -0.2) is 0 Å². The number of aliphatic hydroxyl groups is 2. The van der Waals surface area contributed by atoms with Gasteiger partial charge in [-0.3, -0.25) is 0 Å². The van der Waals surface area contributed by atoms with Crippen LogP contribution < -0.4 is 0 Å². The monoisotopic (exact) mass is 232 g/mol. The fourth-order valence-corrected chi connectivity index (χ4v) is 1.50. The van der Waals surface area contributed by atoms with Crippen molar-refractivity contribution in [1.82, 2.24) is 0 Å². The van der Waals surface area contributed by atoms with Crippen molar-refractivity contribution in [3.05, 3.63) is 45.3 Å². The molecule has 6 nitrogen and oxygen atoms in total. The Morgan fingerprint density at radius 2 is 2.24 bits per heavy atom. The SMILES string of the molecule is Cc1cc(C#N)ccc1C(O)C(O)CN=[N+]=[N-]. The van der Waals surface area contributed by atoms with Gasteiger partial charge in [0, 0.05) is 4.91 Å². The van der Waals surface area contributed by atoms with Gasteiger partial charge in [0.25, 0.3) is 0 Å². The summed E-state index contributed by atoms with van der Waals surface area (Å²) < 4.78 is 0. The van der Waals surface area contributed by atoms with Crippen LogP contribution in [-0.4, -0.2) is 22.9 Å². The molecule has 88 valence electrons. The molecule has 0 aromatic heterocycles. The Bertz CT molecular complexity index is 489. The molecule has 0 saturated heterocycles. The molecule has 0 fully saturated rings. The van der Waals surface area contributed by atoms with Crippen LogP contribution >= 0.6 is 0 Å². The lowest BCUT2D eigenvalue weighted by Gasteiger charge is -2.18. The van der Waals surface area contributed by atoms with Crippen molar-refractivity contribution in [2.24, 2.45) is 5.11 Å². The van der Waals surface area contributed by atoms with Gasteiger partial charge >= 0.3 is 0 Å². The Morgan fingerprint density at radius 3 is 2.76 bits per heavy atom. The highest BCUT2D eigenvalue weighted by Crippen LogP contribution is 2.22. The van der Waals surface area contributed by atoms with Gasteiger partial charge in [-0.05, 0) is 35.7 Å². The minimum absolute atomic E-state index is 0.197. The zero-order chi connectivity index (χ0) is 12.8. The predicted molar refractivity (Wildman–Crippen MR) is 60.9 cm³/mol. The Labute approximate surface area is 98.4 Å². The number of nitrogens with zero attached hydrogens (tertiary/aromatic N) is 4. The first-order valence-electron chi connectivity index (χ1n) is 4.97. The van der Waals surface area contributed by atoms with Gasteiger partial charge in [-0.2, -0.15) is 5.26 Å².